The number of Topliss-reactive ketones (excluding diaryl/α,β-unsaturated/α-hetero) is 1. The lowest BCUT2D eigenvalue weighted by Crippen LogP contribution is -2.49. The lowest BCUT2D eigenvalue weighted by Gasteiger charge is -2.23. The first-order valence-electron chi connectivity index (χ1n) is 14.1. The van der Waals surface area contributed by atoms with Gasteiger partial charge in [0, 0.05) is 30.4 Å². The van der Waals surface area contributed by atoms with Crippen molar-refractivity contribution < 1.29 is 33.0 Å². The largest absolute Gasteiger partial charge is 0.444 e. The summed E-state index contributed by atoms with van der Waals surface area (Å²) >= 11 is 0. The molecular formula is C32H36FN5O6. The van der Waals surface area contributed by atoms with Crippen molar-refractivity contribution in [2.75, 3.05) is 11.4 Å². The molecule has 2 aromatic carbocycles. The van der Waals surface area contributed by atoms with Gasteiger partial charge in [-0.05, 0) is 69.2 Å². The molecule has 0 radical (unpaired) electrons. The number of nitrogens with zero attached hydrogens (tertiary/aromatic N) is 2. The van der Waals surface area contributed by atoms with Gasteiger partial charge in [-0.15, -0.1) is 0 Å². The van der Waals surface area contributed by atoms with Crippen LogP contribution in [0.15, 0.2) is 66.9 Å². The molecule has 2 heterocycles. The minimum atomic E-state index is -0.954. The molecule has 232 valence electrons. The molecule has 44 heavy (non-hydrogen) atoms. The zero-order valence-corrected chi connectivity index (χ0v) is 25.0. The van der Waals surface area contributed by atoms with Crippen molar-refractivity contribution in [2.45, 2.75) is 64.4 Å². The topological polar surface area (TPSA) is 153 Å². The van der Waals surface area contributed by atoms with Crippen LogP contribution in [-0.4, -0.2) is 59.2 Å². The second-order valence-electron chi connectivity index (χ2n) is 11.5. The van der Waals surface area contributed by atoms with Gasteiger partial charge < -0.3 is 25.8 Å². The number of hydrogen-bond donors (Lipinski definition) is 3. The maximum atomic E-state index is 15.2. The number of ketones is 1. The van der Waals surface area contributed by atoms with Crippen LogP contribution in [-0.2, 0) is 32.0 Å². The zero-order chi connectivity index (χ0) is 32.0. The lowest BCUT2D eigenvalue weighted by molar-refractivity contribution is -0.123. The number of amides is 3. The van der Waals surface area contributed by atoms with E-state index in [1.807, 2.05) is 0 Å². The normalized spacial score (nSPS) is 16.1. The molecule has 1 saturated heterocycles. The Labute approximate surface area is 254 Å². The molecule has 0 aliphatic carbocycles. The molecule has 1 aromatic heterocycles. The highest BCUT2D eigenvalue weighted by Crippen LogP contribution is 2.29. The Kier molecular flexibility index (Phi) is 9.94. The summed E-state index contributed by atoms with van der Waals surface area (Å²) in [4.78, 5) is 54.9. The van der Waals surface area contributed by atoms with Gasteiger partial charge >= 0.3 is 12.2 Å². The second kappa shape index (κ2) is 13.6. The highest BCUT2D eigenvalue weighted by molar-refractivity contribution is 5.92. The first-order valence-corrected chi connectivity index (χ1v) is 14.1. The quantitative estimate of drug-likeness (QED) is 0.315. The highest BCUT2D eigenvalue weighted by Gasteiger charge is 2.38. The summed E-state index contributed by atoms with van der Waals surface area (Å²) in [5.41, 5.74) is 7.65. The number of carbonyl (C=O) groups is 4. The number of pyridine rings is 1. The molecule has 1 unspecified atom stereocenters. The smallest absolute Gasteiger partial charge is 0.414 e. The monoisotopic (exact) mass is 605 g/mol. The molecular weight excluding hydrogens is 569 g/mol. The third kappa shape index (κ3) is 8.38. The van der Waals surface area contributed by atoms with Gasteiger partial charge in [-0.2, -0.15) is 0 Å². The van der Waals surface area contributed by atoms with Crippen LogP contribution in [0.3, 0.4) is 0 Å². The van der Waals surface area contributed by atoms with Gasteiger partial charge in [0.25, 0.3) is 0 Å². The van der Waals surface area contributed by atoms with Crippen LogP contribution < -0.4 is 21.3 Å². The molecule has 0 spiro atoms. The van der Waals surface area contributed by atoms with E-state index in [0.717, 1.165) is 5.56 Å². The number of ether oxygens (including phenoxy) is 2. The number of carbonyl (C=O) groups excluding carboxylic acids is 4. The Hall–Kier alpha value is -4.84. The molecule has 1 fully saturated rings. The predicted octanol–water partition coefficient (Wildman–Crippen LogP) is 3.88. The van der Waals surface area contributed by atoms with Gasteiger partial charge in [0.15, 0.2) is 0 Å². The highest BCUT2D eigenvalue weighted by atomic mass is 19.1. The Morgan fingerprint density at radius 3 is 2.48 bits per heavy atom. The van der Waals surface area contributed by atoms with E-state index < -0.39 is 47.7 Å². The zero-order valence-electron chi connectivity index (χ0n) is 25.0. The Balaban J connectivity index is 1.40. The third-order valence-electron chi connectivity index (χ3n) is 6.85. The van der Waals surface area contributed by atoms with Gasteiger partial charge in [-0.25, -0.2) is 14.0 Å². The first kappa shape index (κ1) is 32.1. The lowest BCUT2D eigenvalue weighted by atomic mass is 10.0. The van der Waals surface area contributed by atoms with E-state index >= 15 is 4.39 Å². The summed E-state index contributed by atoms with van der Waals surface area (Å²) < 4.78 is 25.7. The molecule has 0 saturated carbocycles. The van der Waals surface area contributed by atoms with Crippen molar-refractivity contribution in [1.82, 2.24) is 15.6 Å². The van der Waals surface area contributed by atoms with Crippen molar-refractivity contribution in [3.8, 4) is 11.1 Å². The molecule has 3 amide bonds. The summed E-state index contributed by atoms with van der Waals surface area (Å²) in [7, 11) is 0. The van der Waals surface area contributed by atoms with Crippen LogP contribution in [0.1, 0.15) is 39.0 Å². The van der Waals surface area contributed by atoms with Crippen molar-refractivity contribution in [3.05, 3.63) is 83.9 Å². The summed E-state index contributed by atoms with van der Waals surface area (Å²) in [5, 5.41) is 5.46. The SMILES string of the molecule is CC(=O)[C@@H](N)[C@@H]1CN(c2ccc(-c3ccc(CNC(=O)C(Cc4ccccn4)NC(=O)OC(C)(C)C)cc3)c(F)c2)C(=O)O1. The number of alkyl carbamates (subject to hydrolysis) is 1. The van der Waals surface area contributed by atoms with E-state index in [0.29, 0.717) is 16.8 Å². The number of hydrogen-bond acceptors (Lipinski definition) is 8. The maximum Gasteiger partial charge on any atom is 0.414 e. The molecule has 1 aliphatic heterocycles. The summed E-state index contributed by atoms with van der Waals surface area (Å²) in [6.07, 6.45) is -0.452. The number of nitrogens with one attached hydrogen (secondary N) is 2. The van der Waals surface area contributed by atoms with Gasteiger partial charge in [0.1, 0.15) is 35.4 Å². The number of benzene rings is 2. The number of aromatic nitrogens is 1. The average Bonchev–Trinajstić information content (AvgIpc) is 3.36. The van der Waals surface area contributed by atoms with Crippen LogP contribution in [0.2, 0.25) is 0 Å². The van der Waals surface area contributed by atoms with Gasteiger partial charge in [0.05, 0.1) is 12.2 Å². The van der Waals surface area contributed by atoms with E-state index in [9.17, 15) is 19.2 Å². The number of anilines is 1. The van der Waals surface area contributed by atoms with Crippen LogP contribution in [0.25, 0.3) is 11.1 Å². The van der Waals surface area contributed by atoms with Crippen molar-refractivity contribution in [3.63, 3.8) is 0 Å². The molecule has 3 atom stereocenters. The van der Waals surface area contributed by atoms with Crippen LogP contribution in [0, 0.1) is 5.82 Å². The van der Waals surface area contributed by atoms with E-state index in [1.165, 1.54) is 17.9 Å². The molecule has 11 nitrogen and oxygen atoms in total. The predicted molar refractivity (Wildman–Crippen MR) is 161 cm³/mol. The summed E-state index contributed by atoms with van der Waals surface area (Å²) in [6.45, 7) is 6.72. The fourth-order valence-electron chi connectivity index (χ4n) is 4.55. The van der Waals surface area contributed by atoms with Crippen molar-refractivity contribution in [1.29, 1.82) is 0 Å². The minimum absolute atomic E-state index is 0.0365. The molecule has 12 heteroatoms. The number of rotatable bonds is 10. The Morgan fingerprint density at radius 1 is 1.14 bits per heavy atom. The first-order chi connectivity index (χ1) is 20.8. The Bertz CT molecular complexity index is 1510. The molecule has 0 bridgehead atoms. The number of halogens is 1. The van der Waals surface area contributed by atoms with E-state index in [4.69, 9.17) is 15.2 Å². The fourth-order valence-corrected chi connectivity index (χ4v) is 4.55. The van der Waals surface area contributed by atoms with Gasteiger partial charge in [-0.1, -0.05) is 30.3 Å². The van der Waals surface area contributed by atoms with E-state index in [-0.39, 0.29) is 31.0 Å². The molecule has 4 N–H and O–H groups in total. The van der Waals surface area contributed by atoms with Crippen molar-refractivity contribution >= 4 is 29.6 Å². The van der Waals surface area contributed by atoms with Crippen LogP contribution in [0.4, 0.5) is 19.7 Å². The average molecular weight is 606 g/mol. The third-order valence-corrected chi connectivity index (χ3v) is 6.85. The van der Waals surface area contributed by atoms with E-state index in [1.54, 1.807) is 81.6 Å². The van der Waals surface area contributed by atoms with Gasteiger partial charge in [0.2, 0.25) is 5.91 Å². The standard InChI is InChI=1S/C32H36FN5O6/c1-19(39)28(34)27-18-38(31(42)43-27)23-12-13-24(25(33)16-23)21-10-8-20(9-11-21)17-36-29(40)26(15-22-7-5-6-14-35-22)37-30(41)44-32(2,3)4/h5-14,16,26-28H,15,17-18,34H2,1-4H3,(H,36,40)(H,37,41)/t26?,27-,28+/m0/s1. The minimum Gasteiger partial charge on any atom is -0.444 e. The maximum absolute atomic E-state index is 15.2. The number of nitrogens with two attached hydrogens (primary N) is 1. The summed E-state index contributed by atoms with van der Waals surface area (Å²) in [6, 6.07) is 14.8. The molecule has 1 aliphatic rings. The van der Waals surface area contributed by atoms with Crippen LogP contribution in [0.5, 0.6) is 0 Å². The number of cyclic esters (lactones) is 1. The Morgan fingerprint density at radius 2 is 1.86 bits per heavy atom. The van der Waals surface area contributed by atoms with Crippen molar-refractivity contribution in [2.24, 2.45) is 5.73 Å². The fraction of sp³-hybridized carbons (Fsp3) is 0.344. The van der Waals surface area contributed by atoms with Gasteiger partial charge in [-0.3, -0.25) is 19.5 Å². The van der Waals surface area contributed by atoms with E-state index in [2.05, 4.69) is 15.6 Å². The molecule has 3 aromatic rings. The second-order valence-corrected chi connectivity index (χ2v) is 11.5. The van der Waals surface area contributed by atoms with Crippen LogP contribution >= 0.6 is 0 Å². The molecule has 4 rings (SSSR count). The summed E-state index contributed by atoms with van der Waals surface area (Å²) in [5.74, 6) is -1.28.